The fourth-order valence-corrected chi connectivity index (χ4v) is 2.40. The lowest BCUT2D eigenvalue weighted by Gasteiger charge is -2.08. The lowest BCUT2D eigenvalue weighted by molar-refractivity contribution is -0.114. The Bertz CT molecular complexity index is 819. The Balaban J connectivity index is 2.57. The molecule has 2 rings (SSSR count). The van der Waals surface area contributed by atoms with E-state index >= 15 is 0 Å². The SMILES string of the molecule is CC(=O)Nc1ccc(-c2nnc(C(F)F)o2)c(S(N)(=O)=O)c1. The summed E-state index contributed by atoms with van der Waals surface area (Å²) in [6.45, 7) is 1.23. The second kappa shape index (κ2) is 5.77. The second-order valence-electron chi connectivity index (χ2n) is 4.18. The third-order valence-electron chi connectivity index (χ3n) is 2.47. The third-order valence-corrected chi connectivity index (χ3v) is 3.42. The van der Waals surface area contributed by atoms with E-state index < -0.39 is 39.0 Å². The minimum atomic E-state index is -4.22. The maximum absolute atomic E-state index is 12.5. The minimum absolute atomic E-state index is 0.143. The van der Waals surface area contributed by atoms with Crippen molar-refractivity contribution >= 4 is 21.6 Å². The van der Waals surface area contributed by atoms with Gasteiger partial charge in [-0.1, -0.05) is 0 Å². The quantitative estimate of drug-likeness (QED) is 0.868. The number of anilines is 1. The van der Waals surface area contributed by atoms with E-state index in [1.807, 2.05) is 0 Å². The Morgan fingerprint density at radius 1 is 1.36 bits per heavy atom. The topological polar surface area (TPSA) is 128 Å². The minimum Gasteiger partial charge on any atom is -0.415 e. The molecule has 0 saturated carbocycles. The summed E-state index contributed by atoms with van der Waals surface area (Å²) < 4.78 is 52.9. The molecule has 3 N–H and O–H groups in total. The average Bonchev–Trinajstić information content (AvgIpc) is 2.86. The Morgan fingerprint density at radius 3 is 2.55 bits per heavy atom. The Labute approximate surface area is 123 Å². The lowest BCUT2D eigenvalue weighted by atomic mass is 10.2. The summed E-state index contributed by atoms with van der Waals surface area (Å²) in [5.41, 5.74) is 0.0184. The van der Waals surface area contributed by atoms with Crippen LogP contribution in [0.1, 0.15) is 19.2 Å². The molecule has 0 radical (unpaired) electrons. The first kappa shape index (κ1) is 16.0. The number of amides is 1. The van der Waals surface area contributed by atoms with Crippen LogP contribution in [0.5, 0.6) is 0 Å². The van der Waals surface area contributed by atoms with Crippen molar-refractivity contribution in [3.63, 3.8) is 0 Å². The Hall–Kier alpha value is -2.40. The second-order valence-corrected chi connectivity index (χ2v) is 5.71. The largest absolute Gasteiger partial charge is 0.415 e. The first-order chi connectivity index (χ1) is 10.2. The zero-order valence-corrected chi connectivity index (χ0v) is 11.9. The van der Waals surface area contributed by atoms with Crippen molar-refractivity contribution in [2.45, 2.75) is 18.2 Å². The number of benzene rings is 1. The van der Waals surface area contributed by atoms with Gasteiger partial charge in [0.2, 0.25) is 21.8 Å². The predicted molar refractivity (Wildman–Crippen MR) is 70.4 cm³/mol. The van der Waals surface area contributed by atoms with E-state index in [9.17, 15) is 22.0 Å². The summed E-state index contributed by atoms with van der Waals surface area (Å²) in [4.78, 5) is 10.5. The highest BCUT2D eigenvalue weighted by Gasteiger charge is 2.23. The van der Waals surface area contributed by atoms with Gasteiger partial charge >= 0.3 is 6.43 Å². The Morgan fingerprint density at radius 2 is 2.05 bits per heavy atom. The van der Waals surface area contributed by atoms with Gasteiger partial charge in [-0.3, -0.25) is 4.79 Å². The molecule has 1 aromatic carbocycles. The van der Waals surface area contributed by atoms with E-state index in [1.165, 1.54) is 19.1 Å². The summed E-state index contributed by atoms with van der Waals surface area (Å²) in [5.74, 6) is -1.79. The van der Waals surface area contributed by atoms with E-state index in [1.54, 1.807) is 0 Å². The number of halogens is 2. The fourth-order valence-electron chi connectivity index (χ4n) is 1.65. The molecule has 0 bridgehead atoms. The van der Waals surface area contributed by atoms with Crippen LogP contribution in [-0.4, -0.2) is 24.5 Å². The van der Waals surface area contributed by atoms with Gasteiger partial charge in [0.1, 0.15) is 0 Å². The summed E-state index contributed by atoms with van der Waals surface area (Å²) in [6, 6.07) is 3.63. The van der Waals surface area contributed by atoms with Crippen LogP contribution < -0.4 is 10.5 Å². The number of carbonyl (C=O) groups is 1. The van der Waals surface area contributed by atoms with Crippen molar-refractivity contribution in [1.29, 1.82) is 0 Å². The number of nitrogens with one attached hydrogen (secondary N) is 1. The number of primary sulfonamides is 1. The summed E-state index contributed by atoms with van der Waals surface area (Å²) >= 11 is 0. The maximum Gasteiger partial charge on any atom is 0.314 e. The van der Waals surface area contributed by atoms with Crippen LogP contribution in [0.3, 0.4) is 0 Å². The number of alkyl halides is 2. The number of nitrogens with zero attached hydrogens (tertiary/aromatic N) is 2. The van der Waals surface area contributed by atoms with Crippen LogP contribution in [0.2, 0.25) is 0 Å². The van der Waals surface area contributed by atoms with Crippen molar-refractivity contribution in [3.8, 4) is 11.5 Å². The zero-order valence-electron chi connectivity index (χ0n) is 11.1. The molecule has 1 amide bonds. The molecule has 1 heterocycles. The van der Waals surface area contributed by atoms with Crippen molar-refractivity contribution in [2.24, 2.45) is 5.14 Å². The van der Waals surface area contributed by atoms with Gasteiger partial charge in [0.25, 0.3) is 5.89 Å². The molecule has 0 atom stereocenters. The van der Waals surface area contributed by atoms with Gasteiger partial charge < -0.3 is 9.73 Å². The van der Waals surface area contributed by atoms with Crippen LogP contribution in [0.15, 0.2) is 27.5 Å². The number of carbonyl (C=O) groups excluding carboxylic acids is 1. The van der Waals surface area contributed by atoms with Crippen molar-refractivity contribution in [2.75, 3.05) is 5.32 Å². The molecule has 0 unspecified atom stereocenters. The molecule has 1 aromatic heterocycles. The molecule has 0 fully saturated rings. The number of sulfonamides is 1. The molecule has 8 nitrogen and oxygen atoms in total. The lowest BCUT2D eigenvalue weighted by Crippen LogP contribution is -2.15. The van der Waals surface area contributed by atoms with Crippen LogP contribution in [0.25, 0.3) is 11.5 Å². The molecule has 11 heteroatoms. The number of nitrogens with two attached hydrogens (primary N) is 1. The maximum atomic E-state index is 12.5. The van der Waals surface area contributed by atoms with Gasteiger partial charge in [0, 0.05) is 12.6 Å². The molecular formula is C11H10F2N4O4S. The Kier molecular flexibility index (Phi) is 4.19. The molecule has 22 heavy (non-hydrogen) atoms. The fraction of sp³-hybridized carbons (Fsp3) is 0.182. The number of aromatic nitrogens is 2. The number of hydrogen-bond acceptors (Lipinski definition) is 6. The van der Waals surface area contributed by atoms with E-state index in [0.29, 0.717) is 0 Å². The average molecular weight is 332 g/mol. The molecule has 118 valence electrons. The highest BCUT2D eigenvalue weighted by molar-refractivity contribution is 7.89. The van der Waals surface area contributed by atoms with Crippen LogP contribution in [-0.2, 0) is 14.8 Å². The molecule has 0 saturated heterocycles. The first-order valence-electron chi connectivity index (χ1n) is 5.75. The van der Waals surface area contributed by atoms with Gasteiger partial charge in [0.15, 0.2) is 0 Å². The molecule has 0 spiro atoms. The zero-order chi connectivity index (χ0) is 16.5. The highest BCUT2D eigenvalue weighted by Crippen LogP contribution is 2.30. The number of hydrogen-bond donors (Lipinski definition) is 2. The van der Waals surface area contributed by atoms with Crippen LogP contribution >= 0.6 is 0 Å². The standard InChI is InChI=1S/C11H10F2N4O4S/c1-5(18)15-6-2-3-7(8(4-6)22(14,19)20)10-16-17-11(21-10)9(12)13/h2-4,9H,1H3,(H,15,18)(H2,14,19,20). The third kappa shape index (κ3) is 3.43. The van der Waals surface area contributed by atoms with Gasteiger partial charge in [-0.05, 0) is 18.2 Å². The van der Waals surface area contributed by atoms with Crippen molar-refractivity contribution in [3.05, 3.63) is 24.1 Å². The van der Waals surface area contributed by atoms with E-state index in [4.69, 9.17) is 9.56 Å². The van der Waals surface area contributed by atoms with E-state index in [2.05, 4.69) is 15.5 Å². The molecule has 0 aliphatic carbocycles. The van der Waals surface area contributed by atoms with Crippen LogP contribution in [0.4, 0.5) is 14.5 Å². The summed E-state index contributed by atoms with van der Waals surface area (Å²) in [7, 11) is -4.22. The number of rotatable bonds is 4. The highest BCUT2D eigenvalue weighted by atomic mass is 32.2. The molecule has 0 aliphatic rings. The van der Waals surface area contributed by atoms with E-state index in [-0.39, 0.29) is 11.3 Å². The molecular weight excluding hydrogens is 322 g/mol. The molecule has 2 aromatic rings. The van der Waals surface area contributed by atoms with Crippen LogP contribution in [0, 0.1) is 0 Å². The van der Waals surface area contributed by atoms with Gasteiger partial charge in [0.05, 0.1) is 10.5 Å². The first-order valence-corrected chi connectivity index (χ1v) is 7.29. The van der Waals surface area contributed by atoms with Gasteiger partial charge in [-0.2, -0.15) is 8.78 Å². The molecule has 0 aliphatic heterocycles. The summed E-state index contributed by atoms with van der Waals surface area (Å²) in [5, 5.41) is 13.9. The normalized spacial score (nSPS) is 11.7. The smallest absolute Gasteiger partial charge is 0.314 e. The van der Waals surface area contributed by atoms with Crippen molar-refractivity contribution < 1.29 is 26.4 Å². The van der Waals surface area contributed by atoms with E-state index in [0.717, 1.165) is 6.07 Å². The summed E-state index contributed by atoms with van der Waals surface area (Å²) in [6.07, 6.45) is -2.99. The van der Waals surface area contributed by atoms with Gasteiger partial charge in [-0.25, -0.2) is 13.6 Å². The van der Waals surface area contributed by atoms with Gasteiger partial charge in [-0.15, -0.1) is 10.2 Å². The predicted octanol–water partition coefficient (Wildman–Crippen LogP) is 1.28. The van der Waals surface area contributed by atoms with Crippen molar-refractivity contribution in [1.82, 2.24) is 10.2 Å². The monoisotopic (exact) mass is 332 g/mol.